The first-order chi connectivity index (χ1) is 21.4. The smallest absolute Gasteiger partial charge is 0.122 e. The maximum Gasteiger partial charge on any atom is 0.122 e. The van der Waals surface area contributed by atoms with E-state index in [4.69, 9.17) is 4.42 Å². The number of aromatic nitrogens is 2. The third kappa shape index (κ3) is 6.43. The minimum Gasteiger partial charge on any atom is -0.501 e. The Kier molecular flexibility index (Phi) is 9.56. The molecule has 6 heteroatoms. The minimum atomic E-state index is -1.62. The molecule has 45 heavy (non-hydrogen) atoms. The molecule has 0 N–H and O–H groups in total. The van der Waals surface area contributed by atoms with E-state index in [0.29, 0.717) is 11.1 Å². The molecule has 7 rings (SSSR count). The van der Waals surface area contributed by atoms with E-state index >= 15 is 0 Å². The van der Waals surface area contributed by atoms with Gasteiger partial charge < -0.3 is 9.40 Å². The van der Waals surface area contributed by atoms with E-state index in [1.165, 1.54) is 21.6 Å². The van der Waals surface area contributed by atoms with Gasteiger partial charge in [-0.3, -0.25) is 4.98 Å². The van der Waals surface area contributed by atoms with E-state index in [2.05, 4.69) is 110 Å². The van der Waals surface area contributed by atoms with Crippen LogP contribution >= 0.6 is 0 Å². The predicted octanol–water partition coefficient (Wildman–Crippen LogP) is 8.31. The summed E-state index contributed by atoms with van der Waals surface area (Å²) < 4.78 is 6.16. The summed E-state index contributed by atoms with van der Waals surface area (Å²) in [4.78, 5) is 9.14. The Balaban J connectivity index is 0.000000212. The first kappa shape index (κ1) is 31.8. The average Bonchev–Trinajstić information content (AvgIpc) is 3.45. The summed E-state index contributed by atoms with van der Waals surface area (Å²) in [7, 11) is -1.62. The second kappa shape index (κ2) is 13.5. The fraction of sp³-hybridized carbons (Fsp3) is 0.103. The first-order valence-electron chi connectivity index (χ1n) is 14.6. The largest absolute Gasteiger partial charge is 0.501 e. The van der Waals surface area contributed by atoms with Gasteiger partial charge in [-0.05, 0) is 66.1 Å². The normalized spacial score (nSPS) is 10.9. The molecule has 3 heterocycles. The van der Waals surface area contributed by atoms with E-state index in [1.54, 1.807) is 6.07 Å². The fourth-order valence-electron chi connectivity index (χ4n) is 5.48. The van der Waals surface area contributed by atoms with Crippen molar-refractivity contribution in [2.24, 2.45) is 0 Å². The number of fused-ring (bicyclic) bond motifs is 3. The minimum absolute atomic E-state index is 0. The number of hydrogen-bond donors (Lipinski definition) is 0. The van der Waals surface area contributed by atoms with Crippen molar-refractivity contribution in [1.29, 1.82) is 5.26 Å². The van der Waals surface area contributed by atoms with Crippen molar-refractivity contribution in [2.75, 3.05) is 0 Å². The molecule has 0 amide bonds. The molecule has 0 atom stereocenters. The molecular weight excluding hydrogens is 747 g/mol. The predicted molar refractivity (Wildman–Crippen MR) is 182 cm³/mol. The van der Waals surface area contributed by atoms with Gasteiger partial charge in [0, 0.05) is 43.2 Å². The molecule has 3 aromatic heterocycles. The number of nitriles is 1. The van der Waals surface area contributed by atoms with E-state index in [1.807, 2.05) is 54.9 Å². The molecule has 0 unspecified atom stereocenters. The van der Waals surface area contributed by atoms with Gasteiger partial charge in [0.05, 0.1) is 17.2 Å². The molecule has 4 aromatic carbocycles. The van der Waals surface area contributed by atoms with Crippen LogP contribution in [0.25, 0.3) is 44.3 Å². The average molecular weight is 778 g/mol. The zero-order chi connectivity index (χ0) is 30.7. The summed E-state index contributed by atoms with van der Waals surface area (Å²) in [6.07, 6.45) is 3.77. The van der Waals surface area contributed by atoms with Crippen LogP contribution in [0.3, 0.4) is 0 Å². The van der Waals surface area contributed by atoms with Crippen LogP contribution in [0, 0.1) is 37.3 Å². The summed E-state index contributed by atoms with van der Waals surface area (Å²) in [5.74, 6) is 0. The Hall–Kier alpha value is -4.66. The molecule has 223 valence electrons. The van der Waals surface area contributed by atoms with Crippen LogP contribution in [0.5, 0.6) is 0 Å². The van der Waals surface area contributed by atoms with Gasteiger partial charge in [-0.1, -0.05) is 66.5 Å². The Morgan fingerprint density at radius 1 is 0.756 bits per heavy atom. The van der Waals surface area contributed by atoms with Gasteiger partial charge in [-0.2, -0.15) is 40.8 Å². The molecule has 0 saturated carbocycles. The van der Waals surface area contributed by atoms with Crippen molar-refractivity contribution in [1.82, 2.24) is 9.97 Å². The molecule has 0 aliphatic rings. The van der Waals surface area contributed by atoms with E-state index < -0.39 is 8.07 Å². The molecule has 7 aromatic rings. The topological polar surface area (TPSA) is 62.7 Å². The Morgan fingerprint density at radius 2 is 1.56 bits per heavy atom. The molecule has 1 radical (unpaired) electrons. The van der Waals surface area contributed by atoms with E-state index in [9.17, 15) is 5.26 Å². The molecule has 0 saturated heterocycles. The number of benzene rings is 4. The maximum absolute atomic E-state index is 9.18. The number of hydrogen-bond acceptors (Lipinski definition) is 4. The summed E-state index contributed by atoms with van der Waals surface area (Å²) in [6.45, 7) is 8.81. The number of aryl methyl sites for hydroxylation is 2. The monoisotopic (exact) mass is 778 g/mol. The summed E-state index contributed by atoms with van der Waals surface area (Å²) in [5, 5.41) is 13.7. The Labute approximate surface area is 278 Å². The molecule has 4 nitrogen and oxygen atoms in total. The standard InChI is InChI=1S/C26H17N2O.C13H14NSi.Ir/c1-16-6-3-4-7-19(16)23-13-24(28-15-17(23)2)22-9-5-8-21-20-11-10-18(14-27)12-25(20)29-26(21)22;1-15(2,12-8-4-3-5-9-12)13-10-6-7-11-14-13;/h3-8,10-13,15H,1-2H3;3-8,10-11H,1-2H3;/q2*-1;. The fourth-order valence-corrected chi connectivity index (χ4v) is 7.62. The number of pyridine rings is 2. The SMILES string of the molecule is C[Si](C)(c1[c-]cccc1)c1ccccn1.Cc1ccccc1-c1cc(-c2[c-]ccc3c2oc2cc(C#N)ccc23)ncc1C.[Ir]. The van der Waals surface area contributed by atoms with Crippen molar-refractivity contribution < 1.29 is 24.5 Å². The third-order valence-corrected chi connectivity index (χ3v) is 11.3. The van der Waals surface area contributed by atoms with Crippen molar-refractivity contribution in [3.63, 3.8) is 0 Å². The van der Waals surface area contributed by atoms with E-state index in [-0.39, 0.29) is 20.1 Å². The van der Waals surface area contributed by atoms with Crippen LogP contribution in [-0.4, -0.2) is 18.0 Å². The number of nitrogens with zero attached hydrogens (tertiary/aromatic N) is 3. The quantitative estimate of drug-likeness (QED) is 0.133. The Bertz CT molecular complexity index is 2090. The van der Waals surface area contributed by atoms with Gasteiger partial charge in [0.25, 0.3) is 0 Å². The van der Waals surface area contributed by atoms with Crippen molar-refractivity contribution in [2.45, 2.75) is 26.9 Å². The first-order valence-corrected chi connectivity index (χ1v) is 17.6. The van der Waals surface area contributed by atoms with Crippen LogP contribution in [0.1, 0.15) is 16.7 Å². The van der Waals surface area contributed by atoms with Gasteiger partial charge in [0.1, 0.15) is 13.7 Å². The second-order valence-corrected chi connectivity index (χ2v) is 15.6. The zero-order valence-corrected chi connectivity index (χ0v) is 28.9. The molecule has 0 aliphatic heterocycles. The summed E-state index contributed by atoms with van der Waals surface area (Å²) in [6, 6.07) is 43.0. The summed E-state index contributed by atoms with van der Waals surface area (Å²) >= 11 is 0. The maximum atomic E-state index is 9.18. The number of rotatable bonds is 4. The van der Waals surface area contributed by atoms with Crippen LogP contribution < -0.4 is 10.5 Å². The Morgan fingerprint density at radius 3 is 2.29 bits per heavy atom. The van der Waals surface area contributed by atoms with Crippen LogP contribution in [0.4, 0.5) is 0 Å². The van der Waals surface area contributed by atoms with Crippen LogP contribution in [0.2, 0.25) is 13.1 Å². The molecule has 0 bridgehead atoms. The van der Waals surface area contributed by atoms with Crippen molar-refractivity contribution >= 4 is 40.5 Å². The van der Waals surface area contributed by atoms with Gasteiger partial charge in [0.2, 0.25) is 0 Å². The molecule has 0 spiro atoms. The molecular formula is C39H31IrN3OSi-2. The third-order valence-electron chi connectivity index (χ3n) is 8.04. The van der Waals surface area contributed by atoms with Gasteiger partial charge in [0.15, 0.2) is 0 Å². The van der Waals surface area contributed by atoms with Crippen molar-refractivity contribution in [3.8, 4) is 28.5 Å². The van der Waals surface area contributed by atoms with E-state index in [0.717, 1.165) is 38.7 Å². The molecule has 0 fully saturated rings. The van der Waals surface area contributed by atoms with Gasteiger partial charge in [-0.15, -0.1) is 18.2 Å². The summed E-state index contributed by atoms with van der Waals surface area (Å²) in [5.41, 5.74) is 8.37. The van der Waals surface area contributed by atoms with Crippen LogP contribution in [0.15, 0.2) is 120 Å². The van der Waals surface area contributed by atoms with Crippen molar-refractivity contribution in [3.05, 3.63) is 144 Å². The van der Waals surface area contributed by atoms with Gasteiger partial charge >= 0.3 is 0 Å². The molecule has 0 aliphatic carbocycles. The second-order valence-electron chi connectivity index (χ2n) is 11.3. The zero-order valence-electron chi connectivity index (χ0n) is 25.6. The van der Waals surface area contributed by atoms with Gasteiger partial charge in [-0.25, -0.2) is 0 Å². The van der Waals surface area contributed by atoms with Crippen LogP contribution in [-0.2, 0) is 20.1 Å². The number of furan rings is 1.